The maximum Gasteiger partial charge on any atom is 0.338 e. The summed E-state index contributed by atoms with van der Waals surface area (Å²) in [5.41, 5.74) is 6.71. The number of carbonyl (C=O) groups is 3. The van der Waals surface area contributed by atoms with Gasteiger partial charge >= 0.3 is 5.97 Å². The van der Waals surface area contributed by atoms with Gasteiger partial charge < -0.3 is 10.5 Å². The Morgan fingerprint density at radius 3 is 2.56 bits per heavy atom. The SMILES string of the molecule is CCOC(=O)c1ccc(-n2c(N)c3c(cc2=O)C(=O)NC3=O)c(C)c1. The van der Waals surface area contributed by atoms with Gasteiger partial charge in [0.1, 0.15) is 5.82 Å². The fraction of sp³-hybridized carbons (Fsp3) is 0.176. The van der Waals surface area contributed by atoms with Crippen LogP contribution in [0.4, 0.5) is 5.82 Å². The molecule has 25 heavy (non-hydrogen) atoms. The summed E-state index contributed by atoms with van der Waals surface area (Å²) in [6, 6.07) is 5.69. The van der Waals surface area contributed by atoms with Crippen molar-refractivity contribution in [3.05, 3.63) is 56.9 Å². The van der Waals surface area contributed by atoms with E-state index < -0.39 is 23.3 Å². The summed E-state index contributed by atoms with van der Waals surface area (Å²) in [5, 5.41) is 2.11. The Labute approximate surface area is 142 Å². The molecule has 0 saturated carbocycles. The number of benzene rings is 1. The van der Waals surface area contributed by atoms with Crippen LogP contribution in [-0.4, -0.2) is 29.0 Å². The number of anilines is 1. The summed E-state index contributed by atoms with van der Waals surface area (Å²) < 4.78 is 6.08. The second-order valence-corrected chi connectivity index (χ2v) is 5.50. The molecule has 128 valence electrons. The number of aryl methyl sites for hydroxylation is 1. The van der Waals surface area contributed by atoms with E-state index in [1.165, 1.54) is 6.07 Å². The number of esters is 1. The number of hydrogen-bond acceptors (Lipinski definition) is 6. The molecular weight excluding hydrogens is 326 g/mol. The number of imide groups is 1. The first kappa shape index (κ1) is 16.4. The summed E-state index contributed by atoms with van der Waals surface area (Å²) in [5.74, 6) is -1.90. The number of pyridine rings is 1. The molecule has 0 radical (unpaired) electrons. The van der Waals surface area contributed by atoms with Crippen molar-refractivity contribution in [1.29, 1.82) is 0 Å². The molecule has 3 N–H and O–H groups in total. The van der Waals surface area contributed by atoms with Gasteiger partial charge in [-0.25, -0.2) is 4.79 Å². The topological polar surface area (TPSA) is 120 Å². The lowest BCUT2D eigenvalue weighted by Gasteiger charge is -2.15. The van der Waals surface area contributed by atoms with E-state index in [0.717, 1.165) is 10.6 Å². The Morgan fingerprint density at radius 2 is 1.92 bits per heavy atom. The Morgan fingerprint density at radius 1 is 1.20 bits per heavy atom. The third kappa shape index (κ3) is 2.57. The molecule has 0 saturated heterocycles. The van der Waals surface area contributed by atoms with Crippen LogP contribution in [0.3, 0.4) is 0 Å². The van der Waals surface area contributed by atoms with Gasteiger partial charge in [0.2, 0.25) is 0 Å². The van der Waals surface area contributed by atoms with Crippen molar-refractivity contribution >= 4 is 23.6 Å². The summed E-state index contributed by atoms with van der Waals surface area (Å²) in [6.45, 7) is 3.65. The molecule has 2 heterocycles. The molecular formula is C17H15N3O5. The van der Waals surface area contributed by atoms with Crippen LogP contribution in [-0.2, 0) is 4.74 Å². The van der Waals surface area contributed by atoms with E-state index in [1.807, 2.05) is 0 Å². The molecule has 8 nitrogen and oxygen atoms in total. The standard InChI is InChI=1S/C17H15N3O5/c1-3-25-17(24)9-4-5-11(8(2)6-9)20-12(21)7-10-13(14(20)18)16(23)19-15(10)22/h4-7H,3,18H2,1-2H3,(H,19,22,23). The summed E-state index contributed by atoms with van der Waals surface area (Å²) in [6.07, 6.45) is 0. The molecule has 0 bridgehead atoms. The molecule has 2 aromatic rings. The second-order valence-electron chi connectivity index (χ2n) is 5.50. The van der Waals surface area contributed by atoms with Gasteiger partial charge in [-0.2, -0.15) is 0 Å². The van der Waals surface area contributed by atoms with Crippen LogP contribution in [0.2, 0.25) is 0 Å². The fourth-order valence-corrected chi connectivity index (χ4v) is 2.78. The van der Waals surface area contributed by atoms with Crippen LogP contribution in [0.5, 0.6) is 0 Å². The van der Waals surface area contributed by atoms with Crippen molar-refractivity contribution in [3.63, 3.8) is 0 Å². The Bertz CT molecular complexity index is 991. The third-order valence-electron chi connectivity index (χ3n) is 3.90. The van der Waals surface area contributed by atoms with E-state index in [0.29, 0.717) is 16.8 Å². The van der Waals surface area contributed by atoms with Gasteiger partial charge in [0.15, 0.2) is 0 Å². The Balaban J connectivity index is 2.17. The third-order valence-corrected chi connectivity index (χ3v) is 3.90. The highest BCUT2D eigenvalue weighted by molar-refractivity contribution is 6.23. The molecule has 0 spiro atoms. The number of fused-ring (bicyclic) bond motifs is 1. The largest absolute Gasteiger partial charge is 0.462 e. The molecule has 8 heteroatoms. The molecule has 0 aliphatic carbocycles. The number of carbonyl (C=O) groups excluding carboxylic acids is 3. The van der Waals surface area contributed by atoms with Crippen LogP contribution in [0.1, 0.15) is 43.6 Å². The number of nitrogen functional groups attached to an aromatic ring is 1. The van der Waals surface area contributed by atoms with Gasteiger partial charge in [-0.1, -0.05) is 0 Å². The van der Waals surface area contributed by atoms with E-state index in [-0.39, 0.29) is 23.6 Å². The quantitative estimate of drug-likeness (QED) is 0.629. The first-order valence-electron chi connectivity index (χ1n) is 7.54. The minimum Gasteiger partial charge on any atom is -0.462 e. The van der Waals surface area contributed by atoms with Crippen LogP contribution >= 0.6 is 0 Å². The predicted octanol–water partition coefficient (Wildman–Crippen LogP) is 0.788. The minimum atomic E-state index is -0.648. The average molecular weight is 341 g/mol. The highest BCUT2D eigenvalue weighted by Gasteiger charge is 2.32. The lowest BCUT2D eigenvalue weighted by atomic mass is 10.1. The zero-order valence-electron chi connectivity index (χ0n) is 13.6. The van der Waals surface area contributed by atoms with Crippen molar-refractivity contribution in [2.24, 2.45) is 0 Å². The summed E-state index contributed by atoms with van der Waals surface area (Å²) in [4.78, 5) is 47.8. The van der Waals surface area contributed by atoms with Crippen molar-refractivity contribution in [2.75, 3.05) is 12.3 Å². The van der Waals surface area contributed by atoms with E-state index in [9.17, 15) is 19.2 Å². The summed E-state index contributed by atoms with van der Waals surface area (Å²) in [7, 11) is 0. The maximum atomic E-state index is 12.4. The second kappa shape index (κ2) is 5.90. The van der Waals surface area contributed by atoms with Gasteiger partial charge in [-0.05, 0) is 37.6 Å². The van der Waals surface area contributed by atoms with Gasteiger partial charge in [-0.15, -0.1) is 0 Å². The molecule has 1 aromatic carbocycles. The molecule has 0 unspecified atom stereocenters. The van der Waals surface area contributed by atoms with Crippen LogP contribution in [0, 0.1) is 6.92 Å². The van der Waals surface area contributed by atoms with Crippen LogP contribution in [0.25, 0.3) is 5.69 Å². The highest BCUT2D eigenvalue weighted by Crippen LogP contribution is 2.24. The minimum absolute atomic E-state index is 0.0292. The number of rotatable bonds is 3. The van der Waals surface area contributed by atoms with Crippen molar-refractivity contribution in [3.8, 4) is 5.69 Å². The predicted molar refractivity (Wildman–Crippen MR) is 88.9 cm³/mol. The highest BCUT2D eigenvalue weighted by atomic mass is 16.5. The normalized spacial score (nSPS) is 12.7. The van der Waals surface area contributed by atoms with Gasteiger partial charge in [0.05, 0.1) is 29.0 Å². The van der Waals surface area contributed by atoms with E-state index >= 15 is 0 Å². The number of nitrogens with zero attached hydrogens (tertiary/aromatic N) is 1. The van der Waals surface area contributed by atoms with Crippen molar-refractivity contribution in [2.45, 2.75) is 13.8 Å². The number of ether oxygens (including phenoxy) is 1. The van der Waals surface area contributed by atoms with Crippen molar-refractivity contribution in [1.82, 2.24) is 9.88 Å². The fourth-order valence-electron chi connectivity index (χ4n) is 2.78. The maximum absolute atomic E-state index is 12.4. The smallest absolute Gasteiger partial charge is 0.338 e. The first-order valence-corrected chi connectivity index (χ1v) is 7.54. The molecule has 1 aliphatic rings. The van der Waals surface area contributed by atoms with Gasteiger partial charge in [0.25, 0.3) is 17.4 Å². The van der Waals surface area contributed by atoms with Crippen LogP contribution in [0.15, 0.2) is 29.1 Å². The van der Waals surface area contributed by atoms with Gasteiger partial charge in [0, 0.05) is 6.07 Å². The number of hydrogen-bond donors (Lipinski definition) is 2. The monoisotopic (exact) mass is 341 g/mol. The number of nitrogens with one attached hydrogen (secondary N) is 1. The summed E-state index contributed by atoms with van der Waals surface area (Å²) >= 11 is 0. The molecule has 2 amide bonds. The lowest BCUT2D eigenvalue weighted by Crippen LogP contribution is -2.24. The number of nitrogens with two attached hydrogens (primary N) is 1. The average Bonchev–Trinajstić information content (AvgIpc) is 2.83. The molecule has 0 atom stereocenters. The number of aromatic nitrogens is 1. The zero-order chi connectivity index (χ0) is 18.3. The van der Waals surface area contributed by atoms with Crippen molar-refractivity contribution < 1.29 is 19.1 Å². The van der Waals surface area contributed by atoms with E-state index in [4.69, 9.17) is 10.5 Å². The molecule has 0 fully saturated rings. The van der Waals surface area contributed by atoms with Gasteiger partial charge in [-0.3, -0.25) is 24.3 Å². The van der Waals surface area contributed by atoms with E-state index in [2.05, 4.69) is 5.32 Å². The molecule has 1 aliphatic heterocycles. The lowest BCUT2D eigenvalue weighted by molar-refractivity contribution is 0.0526. The first-order chi connectivity index (χ1) is 11.8. The number of amides is 2. The Kier molecular flexibility index (Phi) is 3.88. The van der Waals surface area contributed by atoms with E-state index in [1.54, 1.807) is 26.0 Å². The molecule has 3 rings (SSSR count). The zero-order valence-corrected chi connectivity index (χ0v) is 13.6. The Hall–Kier alpha value is -3.42. The van der Waals surface area contributed by atoms with Crippen LogP contribution < -0.4 is 16.6 Å². The molecule has 1 aromatic heterocycles.